The van der Waals surface area contributed by atoms with Gasteiger partial charge in [0.05, 0.1) is 4.90 Å². The minimum atomic E-state index is -3.56. The molecule has 0 unspecified atom stereocenters. The Morgan fingerprint density at radius 3 is 2.36 bits per heavy atom. The molecule has 2 amide bonds. The number of nitrogens with one attached hydrogen (secondary N) is 1. The van der Waals surface area contributed by atoms with E-state index < -0.39 is 10.0 Å². The molecular weight excluding hydrogens is 342 g/mol. The van der Waals surface area contributed by atoms with Gasteiger partial charge in [-0.3, -0.25) is 9.59 Å². The maximum atomic E-state index is 12.4. The number of rotatable bonds is 5. The lowest BCUT2D eigenvalue weighted by molar-refractivity contribution is -0.134. The first-order valence-corrected chi connectivity index (χ1v) is 9.71. The van der Waals surface area contributed by atoms with Gasteiger partial charge in [-0.25, -0.2) is 12.7 Å². The van der Waals surface area contributed by atoms with Gasteiger partial charge in [0.2, 0.25) is 21.8 Å². The molecule has 1 N–H and O–H groups in total. The summed E-state index contributed by atoms with van der Waals surface area (Å²) in [5.74, 6) is -0.213. The van der Waals surface area contributed by atoms with Gasteiger partial charge in [-0.05, 0) is 24.5 Å². The molecule has 138 valence electrons. The molecule has 1 aromatic rings. The Morgan fingerprint density at radius 2 is 1.80 bits per heavy atom. The third kappa shape index (κ3) is 4.58. The molecule has 0 atom stereocenters. The third-order valence-electron chi connectivity index (χ3n) is 4.50. The van der Waals surface area contributed by atoms with Crippen molar-refractivity contribution in [2.45, 2.75) is 31.2 Å². The number of nitrogens with zero attached hydrogens (tertiary/aromatic N) is 2. The number of hydrogen-bond donors (Lipinski definition) is 1. The number of likely N-dealkylation sites (tertiary alicyclic amines) is 1. The Balaban J connectivity index is 2.01. The highest BCUT2D eigenvalue weighted by atomic mass is 32.2. The second-order valence-corrected chi connectivity index (χ2v) is 8.51. The van der Waals surface area contributed by atoms with Crippen LogP contribution in [0.2, 0.25) is 0 Å². The smallest absolute Gasteiger partial charge is 0.242 e. The number of carbonyl (C=O) groups excluding carboxylic acids is 2. The van der Waals surface area contributed by atoms with Crippen LogP contribution in [-0.2, 0) is 26.2 Å². The van der Waals surface area contributed by atoms with E-state index in [1.165, 1.54) is 21.0 Å². The van der Waals surface area contributed by atoms with Crippen LogP contribution in [0.25, 0.3) is 0 Å². The number of amides is 2. The predicted molar refractivity (Wildman–Crippen MR) is 94.1 cm³/mol. The molecule has 0 radical (unpaired) electrons. The minimum Gasteiger partial charge on any atom is -0.352 e. The fourth-order valence-corrected chi connectivity index (χ4v) is 4.00. The van der Waals surface area contributed by atoms with Gasteiger partial charge in [0.25, 0.3) is 0 Å². The molecule has 0 aromatic heterocycles. The second kappa shape index (κ2) is 7.97. The summed E-state index contributed by atoms with van der Waals surface area (Å²) >= 11 is 0. The minimum absolute atomic E-state index is 0.0293. The van der Waals surface area contributed by atoms with Crippen LogP contribution in [-0.4, -0.2) is 56.6 Å². The lowest BCUT2D eigenvalue weighted by Gasteiger charge is -2.30. The van der Waals surface area contributed by atoms with Crippen molar-refractivity contribution < 1.29 is 18.0 Å². The summed E-state index contributed by atoms with van der Waals surface area (Å²) in [5, 5.41) is 2.84. The predicted octanol–water partition coefficient (Wildman–Crippen LogP) is 0.812. The van der Waals surface area contributed by atoms with E-state index in [4.69, 9.17) is 0 Å². The Labute approximate surface area is 149 Å². The van der Waals surface area contributed by atoms with Crippen molar-refractivity contribution in [1.29, 1.82) is 0 Å². The van der Waals surface area contributed by atoms with Crippen LogP contribution in [0.15, 0.2) is 29.2 Å². The summed E-state index contributed by atoms with van der Waals surface area (Å²) in [5.41, 5.74) is 0.561. The van der Waals surface area contributed by atoms with E-state index in [1.54, 1.807) is 29.2 Å². The summed E-state index contributed by atoms with van der Waals surface area (Å²) in [6.07, 6.45) is 1.26. The van der Waals surface area contributed by atoms with Crippen molar-refractivity contribution in [3.05, 3.63) is 29.8 Å². The molecule has 2 rings (SSSR count). The van der Waals surface area contributed by atoms with Crippen LogP contribution in [0.3, 0.4) is 0 Å². The number of benzene rings is 1. The van der Waals surface area contributed by atoms with Crippen molar-refractivity contribution in [2.75, 3.05) is 27.2 Å². The second-order valence-electron chi connectivity index (χ2n) is 6.39. The van der Waals surface area contributed by atoms with Crippen molar-refractivity contribution >= 4 is 21.8 Å². The van der Waals surface area contributed by atoms with Gasteiger partial charge in [-0.2, -0.15) is 0 Å². The van der Waals surface area contributed by atoms with Crippen molar-refractivity contribution in [1.82, 2.24) is 14.5 Å². The summed E-state index contributed by atoms with van der Waals surface area (Å²) < 4.78 is 25.9. The number of carbonyl (C=O) groups is 2. The van der Waals surface area contributed by atoms with E-state index in [-0.39, 0.29) is 29.2 Å². The molecule has 1 fully saturated rings. The van der Waals surface area contributed by atoms with Crippen LogP contribution in [0, 0.1) is 5.92 Å². The standard InChI is InChI=1S/C17H25N3O4S/c1-13(21)20-10-8-14(9-11-20)17(22)18-12-15-6-4-5-7-16(15)25(23,24)19(2)3/h4-7,14H,8-12H2,1-3H3,(H,18,22). The maximum absolute atomic E-state index is 12.4. The van der Waals surface area contributed by atoms with Gasteiger partial charge in [0.15, 0.2) is 0 Å². The lowest BCUT2D eigenvalue weighted by atomic mass is 9.96. The average Bonchev–Trinajstić information content (AvgIpc) is 2.59. The molecule has 8 heteroatoms. The molecule has 1 saturated heterocycles. The van der Waals surface area contributed by atoms with Gasteiger partial charge in [0.1, 0.15) is 0 Å². The molecular formula is C17H25N3O4S. The van der Waals surface area contributed by atoms with Crippen molar-refractivity contribution in [2.24, 2.45) is 5.92 Å². The molecule has 25 heavy (non-hydrogen) atoms. The van der Waals surface area contributed by atoms with E-state index in [0.717, 1.165) is 4.31 Å². The first-order chi connectivity index (χ1) is 11.7. The van der Waals surface area contributed by atoms with Gasteiger partial charge in [-0.15, -0.1) is 0 Å². The largest absolute Gasteiger partial charge is 0.352 e. The molecule has 1 aliphatic heterocycles. The third-order valence-corrected chi connectivity index (χ3v) is 6.41. The highest BCUT2D eigenvalue weighted by Crippen LogP contribution is 2.20. The molecule has 0 bridgehead atoms. The SMILES string of the molecule is CC(=O)N1CCC(C(=O)NCc2ccccc2S(=O)(=O)N(C)C)CC1. The molecule has 1 aromatic carbocycles. The molecule has 1 heterocycles. The van der Waals surface area contributed by atoms with Crippen LogP contribution in [0.5, 0.6) is 0 Å². The highest BCUT2D eigenvalue weighted by molar-refractivity contribution is 7.89. The van der Waals surface area contributed by atoms with Crippen LogP contribution >= 0.6 is 0 Å². The van der Waals surface area contributed by atoms with Gasteiger partial charge in [-0.1, -0.05) is 18.2 Å². The molecule has 1 aliphatic rings. The first-order valence-electron chi connectivity index (χ1n) is 8.27. The molecule has 0 aliphatic carbocycles. The zero-order chi connectivity index (χ0) is 18.6. The van der Waals surface area contributed by atoms with Gasteiger partial charge < -0.3 is 10.2 Å². The van der Waals surface area contributed by atoms with Crippen LogP contribution in [0.4, 0.5) is 0 Å². The average molecular weight is 367 g/mol. The fourth-order valence-electron chi connectivity index (χ4n) is 2.88. The van der Waals surface area contributed by atoms with Crippen LogP contribution in [0.1, 0.15) is 25.3 Å². The highest BCUT2D eigenvalue weighted by Gasteiger charge is 2.26. The molecule has 7 nitrogen and oxygen atoms in total. The topological polar surface area (TPSA) is 86.8 Å². The Morgan fingerprint density at radius 1 is 1.20 bits per heavy atom. The maximum Gasteiger partial charge on any atom is 0.242 e. The summed E-state index contributed by atoms with van der Waals surface area (Å²) in [4.78, 5) is 25.6. The Bertz CT molecular complexity index is 738. The lowest BCUT2D eigenvalue weighted by Crippen LogP contribution is -2.42. The normalized spacial score (nSPS) is 16.1. The quantitative estimate of drug-likeness (QED) is 0.834. The summed E-state index contributed by atoms with van der Waals surface area (Å²) in [6, 6.07) is 6.66. The van der Waals surface area contributed by atoms with Crippen molar-refractivity contribution in [3.63, 3.8) is 0 Å². The van der Waals surface area contributed by atoms with E-state index in [9.17, 15) is 18.0 Å². The van der Waals surface area contributed by atoms with Crippen LogP contribution < -0.4 is 5.32 Å². The molecule has 0 saturated carbocycles. The fraction of sp³-hybridized carbons (Fsp3) is 0.529. The zero-order valence-electron chi connectivity index (χ0n) is 14.9. The Kier molecular flexibility index (Phi) is 6.18. The summed E-state index contributed by atoms with van der Waals surface area (Å²) in [6.45, 7) is 2.86. The van der Waals surface area contributed by atoms with E-state index in [2.05, 4.69) is 5.32 Å². The van der Waals surface area contributed by atoms with Gasteiger partial charge in [0, 0.05) is 46.6 Å². The number of sulfonamides is 1. The summed E-state index contributed by atoms with van der Waals surface area (Å²) in [7, 11) is -0.600. The van der Waals surface area contributed by atoms with E-state index in [0.29, 0.717) is 31.5 Å². The molecule has 0 spiro atoms. The van der Waals surface area contributed by atoms with E-state index >= 15 is 0 Å². The number of hydrogen-bond acceptors (Lipinski definition) is 4. The monoisotopic (exact) mass is 367 g/mol. The Hall–Kier alpha value is -1.93. The van der Waals surface area contributed by atoms with Crippen molar-refractivity contribution in [3.8, 4) is 0 Å². The van der Waals surface area contributed by atoms with Gasteiger partial charge >= 0.3 is 0 Å². The zero-order valence-corrected chi connectivity index (χ0v) is 15.7. The first kappa shape index (κ1) is 19.4. The number of piperidine rings is 1. The van der Waals surface area contributed by atoms with E-state index in [1.807, 2.05) is 0 Å².